The summed E-state index contributed by atoms with van der Waals surface area (Å²) in [5.41, 5.74) is 1.24. The molecule has 0 amide bonds. The molecule has 0 N–H and O–H groups in total. The van der Waals surface area contributed by atoms with Gasteiger partial charge in [0.15, 0.2) is 25.0 Å². The van der Waals surface area contributed by atoms with Crippen molar-refractivity contribution < 1.29 is 37.1 Å². The second-order valence-corrected chi connectivity index (χ2v) is 35.9. The first-order valence-electron chi connectivity index (χ1n) is 21.0. The van der Waals surface area contributed by atoms with Gasteiger partial charge in [-0.25, -0.2) is 4.79 Å². The topological polar surface area (TPSA) is 89.5 Å². The number of carbonyl (C=O) groups is 2. The van der Waals surface area contributed by atoms with Crippen molar-refractivity contribution in [2.45, 2.75) is 201 Å². The Bertz CT molecular complexity index is 1500. The molecule has 2 rings (SSSR count). The summed E-state index contributed by atoms with van der Waals surface area (Å²) in [6.45, 7) is 44.3. The van der Waals surface area contributed by atoms with Crippen molar-refractivity contribution >= 4 is 37.2 Å². The lowest BCUT2D eigenvalue weighted by Gasteiger charge is -2.46. The number of esters is 1. The van der Waals surface area contributed by atoms with Crippen LogP contribution in [0.2, 0.25) is 54.4 Å². The zero-order chi connectivity index (χ0) is 43.5. The largest absolute Gasteiger partial charge is 0.497 e. The second-order valence-electron chi connectivity index (χ2n) is 21.6. The summed E-state index contributed by atoms with van der Waals surface area (Å²) >= 11 is 0. The zero-order valence-electron chi connectivity index (χ0n) is 39.4. The molecule has 6 atom stereocenters. The molecule has 1 aromatic carbocycles. The summed E-state index contributed by atoms with van der Waals surface area (Å²) < 4.78 is 39.1. The molecule has 0 fully saturated rings. The van der Waals surface area contributed by atoms with E-state index in [1.54, 1.807) is 27.0 Å². The van der Waals surface area contributed by atoms with Gasteiger partial charge in [0.2, 0.25) is 5.79 Å². The van der Waals surface area contributed by atoms with Crippen LogP contribution in [0.4, 0.5) is 0 Å². The Kier molecular flexibility index (Phi) is 16.8. The van der Waals surface area contributed by atoms with Crippen LogP contribution >= 0.6 is 0 Å². The van der Waals surface area contributed by atoms with Crippen molar-refractivity contribution in [3.63, 3.8) is 0 Å². The first kappa shape index (κ1) is 50.4. The first-order chi connectivity index (χ1) is 25.2. The lowest BCUT2D eigenvalue weighted by atomic mass is 9.86. The smallest absolute Gasteiger partial charge is 0.345 e. The summed E-state index contributed by atoms with van der Waals surface area (Å²) in [6.07, 6.45) is 7.71. The minimum Gasteiger partial charge on any atom is -0.497 e. The van der Waals surface area contributed by atoms with Crippen LogP contribution < -0.4 is 9.47 Å². The maximum absolute atomic E-state index is 13.4. The molecular formula is C45H82O8Si3. The van der Waals surface area contributed by atoms with E-state index in [0.717, 1.165) is 24.7 Å². The quantitative estimate of drug-likeness (QED) is 0.0589. The third-order valence-corrected chi connectivity index (χ3v) is 26.7. The molecule has 0 spiro atoms. The molecule has 0 aliphatic carbocycles. The second kappa shape index (κ2) is 18.7. The highest BCUT2D eigenvalue weighted by Crippen LogP contribution is 2.44. The Labute approximate surface area is 345 Å². The Hall–Kier alpha value is -1.77. The van der Waals surface area contributed by atoms with Gasteiger partial charge in [-0.3, -0.25) is 0 Å². The summed E-state index contributed by atoms with van der Waals surface area (Å²) in [5, 5.41) is 0.0676. The molecule has 322 valence electrons. The molecule has 1 aliphatic heterocycles. The van der Waals surface area contributed by atoms with E-state index < -0.39 is 36.7 Å². The van der Waals surface area contributed by atoms with Crippen LogP contribution in [0.5, 0.6) is 11.5 Å². The van der Waals surface area contributed by atoms with Crippen LogP contribution in [-0.4, -0.2) is 68.4 Å². The summed E-state index contributed by atoms with van der Waals surface area (Å²) in [7, 11) is -4.92. The summed E-state index contributed by atoms with van der Waals surface area (Å²) in [6, 6.07) is 3.69. The van der Waals surface area contributed by atoms with E-state index in [-0.39, 0.29) is 51.2 Å². The Morgan fingerprint density at radius 3 is 1.66 bits per heavy atom. The highest BCUT2D eigenvalue weighted by molar-refractivity contribution is 6.75. The molecule has 8 nitrogen and oxygen atoms in total. The highest BCUT2D eigenvalue weighted by atomic mass is 28.4. The number of hydrogen-bond acceptors (Lipinski definition) is 8. The van der Waals surface area contributed by atoms with Crippen LogP contribution in [0.15, 0.2) is 24.3 Å². The third kappa shape index (κ3) is 13.1. The number of rotatable bonds is 19. The molecule has 1 aliphatic rings. The van der Waals surface area contributed by atoms with E-state index in [4.69, 9.17) is 27.5 Å². The summed E-state index contributed by atoms with van der Waals surface area (Å²) in [4.78, 5) is 25.3. The number of benzene rings is 1. The van der Waals surface area contributed by atoms with Gasteiger partial charge in [0.25, 0.3) is 0 Å². The lowest BCUT2D eigenvalue weighted by molar-refractivity contribution is -0.127. The van der Waals surface area contributed by atoms with E-state index in [0.29, 0.717) is 29.9 Å². The number of aldehydes is 1. The minimum atomic E-state index is -2.22. The Balaban J connectivity index is 2.53. The predicted octanol–water partition coefficient (Wildman–Crippen LogP) is 12.5. The number of carbonyl (C=O) groups excluding carboxylic acids is 2. The van der Waals surface area contributed by atoms with Gasteiger partial charge in [-0.05, 0) is 97.1 Å². The van der Waals surface area contributed by atoms with Crippen LogP contribution in [-0.2, 0) is 29.2 Å². The fourth-order valence-electron chi connectivity index (χ4n) is 6.30. The fraction of sp³-hybridized carbons (Fsp3) is 0.778. The number of allylic oxidation sites excluding steroid dienone is 1. The van der Waals surface area contributed by atoms with Crippen LogP contribution in [0.25, 0.3) is 0 Å². The monoisotopic (exact) mass is 835 g/mol. The van der Waals surface area contributed by atoms with Crippen molar-refractivity contribution in [3.05, 3.63) is 35.4 Å². The van der Waals surface area contributed by atoms with Gasteiger partial charge in [-0.2, -0.15) is 0 Å². The van der Waals surface area contributed by atoms with Gasteiger partial charge in [0.1, 0.15) is 23.3 Å². The van der Waals surface area contributed by atoms with Gasteiger partial charge in [-0.15, -0.1) is 0 Å². The number of cyclic esters (lactones) is 1. The van der Waals surface area contributed by atoms with E-state index in [1.807, 2.05) is 6.07 Å². The lowest BCUT2D eigenvalue weighted by Crippen LogP contribution is -2.52. The number of methoxy groups -OCH3 is 1. The van der Waals surface area contributed by atoms with E-state index in [2.05, 4.69) is 135 Å². The van der Waals surface area contributed by atoms with Crippen molar-refractivity contribution in [1.29, 1.82) is 0 Å². The molecule has 0 bridgehead atoms. The van der Waals surface area contributed by atoms with E-state index >= 15 is 0 Å². The maximum Gasteiger partial charge on any atom is 0.345 e. The molecule has 0 saturated carbocycles. The van der Waals surface area contributed by atoms with Gasteiger partial charge in [0.05, 0.1) is 25.4 Å². The van der Waals surface area contributed by atoms with Gasteiger partial charge < -0.3 is 32.3 Å². The SMILES string of the molecule is COc1cc(C[C@@H](O[Si](C)(C)C(C)(C)C)[C@@H](C)C/C=C\C[C@H](O[Si](C)(C)C(C)(C)C)[C@@H](C)[C@H](O[Si](C)(C)C(C)(C)C)[C@H](C)CC=O)c2c(c1)OC(C)(C)OC2=O. The van der Waals surface area contributed by atoms with Gasteiger partial charge in [0, 0.05) is 32.3 Å². The zero-order valence-corrected chi connectivity index (χ0v) is 42.4. The molecule has 1 aromatic rings. The van der Waals surface area contributed by atoms with Crippen molar-refractivity contribution in [1.82, 2.24) is 0 Å². The van der Waals surface area contributed by atoms with E-state index in [9.17, 15) is 9.59 Å². The number of hydrogen-bond donors (Lipinski definition) is 0. The number of fused-ring (bicyclic) bond motifs is 1. The fourth-order valence-corrected chi connectivity index (χ4v) is 10.6. The van der Waals surface area contributed by atoms with Crippen molar-refractivity contribution in [2.24, 2.45) is 17.8 Å². The summed E-state index contributed by atoms with van der Waals surface area (Å²) in [5.74, 6) is -0.115. The Morgan fingerprint density at radius 1 is 0.696 bits per heavy atom. The molecule has 0 aromatic heterocycles. The van der Waals surface area contributed by atoms with Gasteiger partial charge >= 0.3 is 5.97 Å². The molecular weight excluding hydrogens is 753 g/mol. The minimum absolute atomic E-state index is 0.00483. The molecule has 0 saturated heterocycles. The maximum atomic E-state index is 13.4. The third-order valence-electron chi connectivity index (χ3n) is 13.3. The molecule has 0 radical (unpaired) electrons. The Morgan fingerprint density at radius 2 is 1.18 bits per heavy atom. The molecule has 56 heavy (non-hydrogen) atoms. The van der Waals surface area contributed by atoms with Gasteiger partial charge in [-0.1, -0.05) is 95.2 Å². The van der Waals surface area contributed by atoms with Crippen molar-refractivity contribution in [3.8, 4) is 11.5 Å². The predicted molar refractivity (Wildman–Crippen MR) is 240 cm³/mol. The molecule has 0 unspecified atom stereocenters. The van der Waals surface area contributed by atoms with E-state index in [1.165, 1.54) is 0 Å². The highest BCUT2D eigenvalue weighted by Gasteiger charge is 2.46. The molecule has 1 heterocycles. The first-order valence-corrected chi connectivity index (χ1v) is 29.7. The standard InChI is InChI=1S/C45H82O8Si3/c1-31(37(52-55(18,19)43(7,8)9)29-34-28-35(48-15)30-38-39(34)41(47)50-45(13,14)49-38)24-22-23-25-36(51-54(16,17)42(4,5)6)33(3)40(32(2)26-27-46)53-56(20,21)44(10,11)12/h22-23,27-28,30-33,36-37,40H,24-26,29H2,1-21H3/b23-22-/t31-,32+,33+,36-,37+,40+/m0/s1. The van der Waals surface area contributed by atoms with Crippen LogP contribution in [0.1, 0.15) is 132 Å². The van der Waals surface area contributed by atoms with Crippen LogP contribution in [0, 0.1) is 17.8 Å². The van der Waals surface area contributed by atoms with Crippen LogP contribution in [0.3, 0.4) is 0 Å². The van der Waals surface area contributed by atoms with Crippen molar-refractivity contribution in [2.75, 3.05) is 7.11 Å². The number of ether oxygens (including phenoxy) is 3. The molecule has 11 heteroatoms. The average Bonchev–Trinajstić information content (AvgIpc) is 3.01. The average molecular weight is 835 g/mol. The normalized spacial score (nSPS) is 19.0.